The lowest BCUT2D eigenvalue weighted by molar-refractivity contribution is 0.213. The van der Waals surface area contributed by atoms with Crippen molar-refractivity contribution in [2.24, 2.45) is 16.8 Å². The zero-order valence-electron chi connectivity index (χ0n) is 15.3. The van der Waals surface area contributed by atoms with Gasteiger partial charge in [0.15, 0.2) is 5.96 Å². The van der Waals surface area contributed by atoms with Gasteiger partial charge >= 0.3 is 0 Å². The largest absolute Gasteiger partial charge is 0.356 e. The quantitative estimate of drug-likeness (QED) is 0.508. The van der Waals surface area contributed by atoms with Gasteiger partial charge in [-0.1, -0.05) is 33.1 Å². The highest BCUT2D eigenvalue weighted by molar-refractivity contribution is 5.79. The molecule has 0 aliphatic carbocycles. The lowest BCUT2D eigenvalue weighted by atomic mass is 9.94. The molecular formula is C18H38N4. The molecule has 1 aliphatic heterocycles. The standard InChI is InChI=1S/C18H38N4/c1-5-7-8-16(6-2)15-21-18(19-3)20-12-9-17-10-13-22(4)14-11-17/h16-17H,5-15H2,1-4H3,(H2,19,20,21). The van der Waals surface area contributed by atoms with Gasteiger partial charge in [0.1, 0.15) is 0 Å². The van der Waals surface area contributed by atoms with Gasteiger partial charge in [-0.3, -0.25) is 4.99 Å². The van der Waals surface area contributed by atoms with Crippen LogP contribution >= 0.6 is 0 Å². The molecule has 1 rings (SSSR count). The van der Waals surface area contributed by atoms with Crippen LogP contribution in [-0.2, 0) is 0 Å². The molecule has 1 aliphatic rings. The molecule has 0 radical (unpaired) electrons. The number of piperidine rings is 1. The third-order valence-corrected chi connectivity index (χ3v) is 5.01. The van der Waals surface area contributed by atoms with Crippen molar-refractivity contribution in [3.63, 3.8) is 0 Å². The predicted octanol–water partition coefficient (Wildman–Crippen LogP) is 3.10. The van der Waals surface area contributed by atoms with Crippen LogP contribution in [-0.4, -0.2) is 51.1 Å². The molecule has 4 heteroatoms. The molecule has 0 aromatic carbocycles. The van der Waals surface area contributed by atoms with Gasteiger partial charge in [0.25, 0.3) is 0 Å². The fraction of sp³-hybridized carbons (Fsp3) is 0.944. The molecule has 1 heterocycles. The summed E-state index contributed by atoms with van der Waals surface area (Å²) < 4.78 is 0. The first-order valence-electron chi connectivity index (χ1n) is 9.32. The summed E-state index contributed by atoms with van der Waals surface area (Å²) in [7, 11) is 4.10. The van der Waals surface area contributed by atoms with E-state index in [1.165, 1.54) is 58.0 Å². The van der Waals surface area contributed by atoms with Gasteiger partial charge in [-0.25, -0.2) is 0 Å². The lowest BCUT2D eigenvalue weighted by Crippen LogP contribution is -2.41. The van der Waals surface area contributed by atoms with Crippen LogP contribution in [0, 0.1) is 11.8 Å². The van der Waals surface area contributed by atoms with E-state index in [1.807, 2.05) is 7.05 Å². The molecule has 1 saturated heterocycles. The van der Waals surface area contributed by atoms with E-state index in [9.17, 15) is 0 Å². The average molecular weight is 311 g/mol. The number of nitrogens with zero attached hydrogens (tertiary/aromatic N) is 2. The summed E-state index contributed by atoms with van der Waals surface area (Å²) >= 11 is 0. The first-order chi connectivity index (χ1) is 10.7. The minimum Gasteiger partial charge on any atom is -0.356 e. The molecule has 0 aromatic rings. The maximum absolute atomic E-state index is 4.36. The van der Waals surface area contributed by atoms with Crippen molar-refractivity contribution < 1.29 is 0 Å². The van der Waals surface area contributed by atoms with Crippen LogP contribution in [0.3, 0.4) is 0 Å². The third kappa shape index (κ3) is 8.02. The maximum atomic E-state index is 4.36. The molecule has 0 amide bonds. The Morgan fingerprint density at radius 1 is 1.23 bits per heavy atom. The second kappa shape index (κ2) is 11.8. The van der Waals surface area contributed by atoms with Crippen LogP contribution in [0.25, 0.3) is 0 Å². The van der Waals surface area contributed by atoms with Crippen molar-refractivity contribution in [2.75, 3.05) is 40.3 Å². The van der Waals surface area contributed by atoms with Crippen molar-refractivity contribution >= 4 is 5.96 Å². The van der Waals surface area contributed by atoms with Gasteiger partial charge in [0.2, 0.25) is 0 Å². The first kappa shape index (κ1) is 19.3. The van der Waals surface area contributed by atoms with Gasteiger partial charge in [-0.2, -0.15) is 0 Å². The van der Waals surface area contributed by atoms with Crippen LogP contribution < -0.4 is 10.6 Å². The van der Waals surface area contributed by atoms with E-state index in [0.717, 1.165) is 30.9 Å². The number of hydrogen-bond donors (Lipinski definition) is 2. The summed E-state index contributed by atoms with van der Waals surface area (Å²) in [4.78, 5) is 6.79. The highest BCUT2D eigenvalue weighted by Gasteiger charge is 2.16. The number of aliphatic imine (C=N–C) groups is 1. The summed E-state index contributed by atoms with van der Waals surface area (Å²) in [6.45, 7) is 9.16. The van der Waals surface area contributed by atoms with Crippen molar-refractivity contribution in [2.45, 2.75) is 58.8 Å². The SMILES string of the molecule is CCCCC(CC)CNC(=NC)NCCC1CCN(C)CC1. The van der Waals surface area contributed by atoms with E-state index in [2.05, 4.69) is 41.4 Å². The number of nitrogens with one attached hydrogen (secondary N) is 2. The second-order valence-corrected chi connectivity index (χ2v) is 6.83. The second-order valence-electron chi connectivity index (χ2n) is 6.83. The van der Waals surface area contributed by atoms with Crippen LogP contribution in [0.15, 0.2) is 4.99 Å². The Kier molecular flexibility index (Phi) is 10.3. The number of rotatable bonds is 9. The van der Waals surface area contributed by atoms with E-state index in [-0.39, 0.29) is 0 Å². The highest BCUT2D eigenvalue weighted by Crippen LogP contribution is 2.18. The monoisotopic (exact) mass is 310 g/mol. The van der Waals surface area contributed by atoms with Crippen molar-refractivity contribution in [3.8, 4) is 0 Å². The summed E-state index contributed by atoms with van der Waals surface area (Å²) in [5.74, 6) is 2.63. The molecule has 1 fully saturated rings. The molecule has 1 atom stereocenters. The topological polar surface area (TPSA) is 39.7 Å². The first-order valence-corrected chi connectivity index (χ1v) is 9.32. The van der Waals surface area contributed by atoms with Crippen molar-refractivity contribution in [1.82, 2.24) is 15.5 Å². The van der Waals surface area contributed by atoms with E-state index in [4.69, 9.17) is 0 Å². The number of hydrogen-bond acceptors (Lipinski definition) is 2. The van der Waals surface area contributed by atoms with Crippen LogP contribution in [0.5, 0.6) is 0 Å². The normalized spacial score (nSPS) is 19.2. The minimum absolute atomic E-state index is 0.771. The minimum atomic E-state index is 0.771. The van der Waals surface area contributed by atoms with Crippen molar-refractivity contribution in [1.29, 1.82) is 0 Å². The molecule has 4 nitrogen and oxygen atoms in total. The zero-order valence-corrected chi connectivity index (χ0v) is 15.3. The molecule has 0 spiro atoms. The third-order valence-electron chi connectivity index (χ3n) is 5.01. The Morgan fingerprint density at radius 2 is 1.95 bits per heavy atom. The molecule has 130 valence electrons. The van der Waals surface area contributed by atoms with Crippen molar-refractivity contribution in [3.05, 3.63) is 0 Å². The Labute approximate surface area is 138 Å². The fourth-order valence-corrected chi connectivity index (χ4v) is 3.15. The number of unbranched alkanes of at least 4 members (excludes halogenated alkanes) is 1. The summed E-state index contributed by atoms with van der Waals surface area (Å²) in [5.41, 5.74) is 0. The van der Waals surface area contributed by atoms with E-state index < -0.39 is 0 Å². The van der Waals surface area contributed by atoms with Gasteiger partial charge in [-0.15, -0.1) is 0 Å². The smallest absolute Gasteiger partial charge is 0.190 e. The number of guanidine groups is 1. The molecule has 0 saturated carbocycles. The van der Waals surface area contributed by atoms with E-state index in [0.29, 0.717) is 0 Å². The summed E-state index contributed by atoms with van der Waals surface area (Å²) in [6, 6.07) is 0. The lowest BCUT2D eigenvalue weighted by Gasteiger charge is -2.29. The van der Waals surface area contributed by atoms with Crippen LogP contribution in [0.1, 0.15) is 58.8 Å². The Hall–Kier alpha value is -0.770. The summed E-state index contributed by atoms with van der Waals surface area (Å²) in [6.07, 6.45) is 9.16. The number of likely N-dealkylation sites (tertiary alicyclic amines) is 1. The molecule has 22 heavy (non-hydrogen) atoms. The summed E-state index contributed by atoms with van der Waals surface area (Å²) in [5, 5.41) is 6.99. The zero-order chi connectivity index (χ0) is 16.2. The van der Waals surface area contributed by atoms with Gasteiger partial charge in [0.05, 0.1) is 0 Å². The Balaban J connectivity index is 2.16. The molecule has 0 bridgehead atoms. The molecular weight excluding hydrogens is 272 g/mol. The molecule has 1 unspecified atom stereocenters. The van der Waals surface area contributed by atoms with Crippen LogP contribution in [0.4, 0.5) is 0 Å². The fourth-order valence-electron chi connectivity index (χ4n) is 3.15. The average Bonchev–Trinajstić information content (AvgIpc) is 2.55. The highest BCUT2D eigenvalue weighted by atomic mass is 15.2. The van der Waals surface area contributed by atoms with Gasteiger partial charge < -0.3 is 15.5 Å². The van der Waals surface area contributed by atoms with Crippen LogP contribution in [0.2, 0.25) is 0 Å². The van der Waals surface area contributed by atoms with Gasteiger partial charge in [-0.05, 0) is 57.7 Å². The molecule has 0 aromatic heterocycles. The predicted molar refractivity (Wildman–Crippen MR) is 97.5 cm³/mol. The van der Waals surface area contributed by atoms with E-state index >= 15 is 0 Å². The molecule has 2 N–H and O–H groups in total. The Morgan fingerprint density at radius 3 is 2.55 bits per heavy atom. The Bertz CT molecular complexity index is 295. The van der Waals surface area contributed by atoms with Gasteiger partial charge in [0, 0.05) is 20.1 Å². The van der Waals surface area contributed by atoms with E-state index in [1.54, 1.807) is 0 Å². The maximum Gasteiger partial charge on any atom is 0.190 e.